The maximum absolute atomic E-state index is 12.9. The van der Waals surface area contributed by atoms with Crippen LogP contribution in [0.3, 0.4) is 0 Å². The van der Waals surface area contributed by atoms with E-state index in [1.165, 1.54) is 43.3 Å². The van der Waals surface area contributed by atoms with Crippen LogP contribution in [0.25, 0.3) is 11.4 Å². The molecule has 1 N–H and O–H groups in total. The average molecular weight is 406 g/mol. The number of hydrogen-bond acceptors (Lipinski definition) is 6. The van der Waals surface area contributed by atoms with Crippen LogP contribution in [0.5, 0.6) is 0 Å². The number of nitro groups is 1. The predicted molar refractivity (Wildman–Crippen MR) is 94.7 cm³/mol. The molecule has 0 aliphatic carbocycles. The van der Waals surface area contributed by atoms with Gasteiger partial charge in [0.15, 0.2) is 0 Å². The number of carbonyl (C=O) groups is 1. The third-order valence-electron chi connectivity index (χ3n) is 3.96. The standard InChI is InChI=1S/C17H13F3N6O3/c1-10(16(27)21-13-7-2-3-8-14(13)26(28)29)25-23-15(22-24-25)11-5-4-6-12(9-11)17(18,19)20/h2-10H,1H3,(H,21,27). The van der Waals surface area contributed by atoms with Gasteiger partial charge in [-0.1, -0.05) is 24.3 Å². The van der Waals surface area contributed by atoms with Gasteiger partial charge in [0.1, 0.15) is 11.7 Å². The molecular formula is C17H13F3N6O3. The van der Waals surface area contributed by atoms with Gasteiger partial charge >= 0.3 is 6.18 Å². The molecule has 0 radical (unpaired) electrons. The number of anilines is 1. The first-order valence-electron chi connectivity index (χ1n) is 8.18. The fourth-order valence-corrected chi connectivity index (χ4v) is 2.42. The van der Waals surface area contributed by atoms with Gasteiger partial charge in [0.2, 0.25) is 5.82 Å². The van der Waals surface area contributed by atoms with Gasteiger partial charge in [-0.05, 0) is 30.3 Å². The lowest BCUT2D eigenvalue weighted by atomic mass is 10.1. The van der Waals surface area contributed by atoms with Crippen molar-refractivity contribution in [3.63, 3.8) is 0 Å². The Morgan fingerprint density at radius 2 is 1.93 bits per heavy atom. The van der Waals surface area contributed by atoms with Crippen molar-refractivity contribution in [3.8, 4) is 11.4 Å². The van der Waals surface area contributed by atoms with Crippen molar-refractivity contribution in [2.45, 2.75) is 19.1 Å². The first-order chi connectivity index (χ1) is 13.7. The molecule has 0 saturated carbocycles. The molecule has 3 aromatic rings. The second-order valence-electron chi connectivity index (χ2n) is 5.95. The molecule has 9 nitrogen and oxygen atoms in total. The summed E-state index contributed by atoms with van der Waals surface area (Å²) in [5.74, 6) is -0.756. The number of para-hydroxylation sites is 2. The van der Waals surface area contributed by atoms with Crippen LogP contribution < -0.4 is 5.32 Å². The normalized spacial score (nSPS) is 12.4. The second-order valence-corrected chi connectivity index (χ2v) is 5.95. The van der Waals surface area contributed by atoms with Gasteiger partial charge in [-0.2, -0.15) is 18.0 Å². The molecule has 12 heteroatoms. The summed E-state index contributed by atoms with van der Waals surface area (Å²) in [6.45, 7) is 1.42. The number of alkyl halides is 3. The number of hydrogen-bond donors (Lipinski definition) is 1. The van der Waals surface area contributed by atoms with Crippen molar-refractivity contribution in [1.82, 2.24) is 20.2 Å². The Bertz CT molecular complexity index is 1070. The molecule has 2 aromatic carbocycles. The average Bonchev–Trinajstić information content (AvgIpc) is 3.17. The third-order valence-corrected chi connectivity index (χ3v) is 3.96. The third kappa shape index (κ3) is 4.36. The lowest BCUT2D eigenvalue weighted by Crippen LogP contribution is -2.25. The fourth-order valence-electron chi connectivity index (χ4n) is 2.42. The van der Waals surface area contributed by atoms with Crippen molar-refractivity contribution in [2.75, 3.05) is 5.32 Å². The molecule has 150 valence electrons. The van der Waals surface area contributed by atoms with Gasteiger partial charge in [0.25, 0.3) is 11.6 Å². The van der Waals surface area contributed by atoms with Crippen LogP contribution in [0, 0.1) is 10.1 Å². The molecule has 3 rings (SSSR count). The fraction of sp³-hybridized carbons (Fsp3) is 0.176. The summed E-state index contributed by atoms with van der Waals surface area (Å²) in [4.78, 5) is 23.7. The number of rotatable bonds is 5. The number of benzene rings is 2. The van der Waals surface area contributed by atoms with E-state index < -0.39 is 28.6 Å². The summed E-state index contributed by atoms with van der Waals surface area (Å²) in [6, 6.07) is 8.94. The summed E-state index contributed by atoms with van der Waals surface area (Å²) in [5, 5.41) is 24.8. The minimum Gasteiger partial charge on any atom is -0.318 e. The van der Waals surface area contributed by atoms with Crippen LogP contribution in [0.15, 0.2) is 48.5 Å². The molecule has 0 saturated heterocycles. The topological polar surface area (TPSA) is 116 Å². The molecule has 0 fully saturated rings. The summed E-state index contributed by atoms with van der Waals surface area (Å²) in [5.41, 5.74) is -1.08. The maximum Gasteiger partial charge on any atom is 0.416 e. The highest BCUT2D eigenvalue weighted by Gasteiger charge is 2.31. The molecule has 0 spiro atoms. The Kier molecular flexibility index (Phi) is 5.26. The molecule has 1 aromatic heterocycles. The Hall–Kier alpha value is -3.83. The Morgan fingerprint density at radius 1 is 1.21 bits per heavy atom. The van der Waals surface area contributed by atoms with Crippen molar-refractivity contribution < 1.29 is 22.9 Å². The largest absolute Gasteiger partial charge is 0.416 e. The van der Waals surface area contributed by atoms with Gasteiger partial charge in [-0.25, -0.2) is 0 Å². The van der Waals surface area contributed by atoms with Gasteiger partial charge in [0.05, 0.1) is 10.5 Å². The number of nitrogens with one attached hydrogen (secondary N) is 1. The lowest BCUT2D eigenvalue weighted by molar-refractivity contribution is -0.383. The summed E-state index contributed by atoms with van der Waals surface area (Å²) in [7, 11) is 0. The predicted octanol–water partition coefficient (Wildman–Crippen LogP) is 3.47. The quantitative estimate of drug-likeness (QED) is 0.512. The van der Waals surface area contributed by atoms with E-state index in [2.05, 4.69) is 20.7 Å². The van der Waals surface area contributed by atoms with E-state index in [1.807, 2.05) is 0 Å². The van der Waals surface area contributed by atoms with Gasteiger partial charge in [-0.15, -0.1) is 10.2 Å². The molecule has 1 unspecified atom stereocenters. The monoisotopic (exact) mass is 406 g/mol. The van der Waals surface area contributed by atoms with E-state index in [1.54, 1.807) is 0 Å². The first kappa shape index (κ1) is 19.9. The Labute approximate surface area is 161 Å². The summed E-state index contributed by atoms with van der Waals surface area (Å²) >= 11 is 0. The van der Waals surface area contributed by atoms with Crippen molar-refractivity contribution in [2.24, 2.45) is 0 Å². The molecule has 0 aliphatic heterocycles. The van der Waals surface area contributed by atoms with E-state index in [0.29, 0.717) is 0 Å². The van der Waals surface area contributed by atoms with Gasteiger partial charge in [0, 0.05) is 11.6 Å². The summed E-state index contributed by atoms with van der Waals surface area (Å²) in [6.07, 6.45) is -4.52. The Balaban J connectivity index is 1.80. The minimum atomic E-state index is -4.52. The number of nitro benzene ring substituents is 1. The van der Waals surface area contributed by atoms with Gasteiger partial charge in [-0.3, -0.25) is 14.9 Å². The van der Waals surface area contributed by atoms with Crippen LogP contribution in [0.1, 0.15) is 18.5 Å². The second kappa shape index (κ2) is 7.66. The molecule has 0 aliphatic rings. The number of nitrogens with zero attached hydrogens (tertiary/aromatic N) is 5. The highest BCUT2D eigenvalue weighted by Crippen LogP contribution is 2.31. The summed E-state index contributed by atoms with van der Waals surface area (Å²) < 4.78 is 38.6. The lowest BCUT2D eigenvalue weighted by Gasteiger charge is -2.11. The zero-order valence-electron chi connectivity index (χ0n) is 14.8. The smallest absolute Gasteiger partial charge is 0.318 e. The van der Waals surface area contributed by atoms with Crippen molar-refractivity contribution in [1.29, 1.82) is 0 Å². The zero-order valence-corrected chi connectivity index (χ0v) is 14.8. The number of halogens is 3. The molecule has 29 heavy (non-hydrogen) atoms. The van der Waals surface area contributed by atoms with Crippen molar-refractivity contribution >= 4 is 17.3 Å². The number of amides is 1. The van der Waals surface area contributed by atoms with Crippen LogP contribution in [-0.2, 0) is 11.0 Å². The first-order valence-corrected chi connectivity index (χ1v) is 8.18. The Morgan fingerprint density at radius 3 is 2.62 bits per heavy atom. The van der Waals surface area contributed by atoms with Gasteiger partial charge < -0.3 is 5.32 Å². The molecular weight excluding hydrogens is 393 g/mol. The molecule has 0 bridgehead atoms. The molecule has 1 heterocycles. The van der Waals surface area contributed by atoms with Crippen molar-refractivity contribution in [3.05, 3.63) is 64.2 Å². The van der Waals surface area contributed by atoms with E-state index in [0.717, 1.165) is 16.9 Å². The van der Waals surface area contributed by atoms with Crippen LogP contribution >= 0.6 is 0 Å². The highest BCUT2D eigenvalue weighted by atomic mass is 19.4. The molecule has 1 atom stereocenters. The molecule has 1 amide bonds. The van der Waals surface area contributed by atoms with Crippen LogP contribution in [-0.4, -0.2) is 31.0 Å². The van der Waals surface area contributed by atoms with Crippen LogP contribution in [0.4, 0.5) is 24.5 Å². The number of aromatic nitrogens is 4. The SMILES string of the molecule is CC(C(=O)Nc1ccccc1[N+](=O)[O-])n1nnc(-c2cccc(C(F)(F)F)c2)n1. The van der Waals surface area contributed by atoms with E-state index in [9.17, 15) is 28.1 Å². The van der Waals surface area contributed by atoms with Crippen LogP contribution in [0.2, 0.25) is 0 Å². The minimum absolute atomic E-state index is 0.00688. The number of tetrazole rings is 1. The number of carbonyl (C=O) groups excluding carboxylic acids is 1. The van der Waals surface area contributed by atoms with E-state index in [4.69, 9.17) is 0 Å². The maximum atomic E-state index is 12.9. The van der Waals surface area contributed by atoms with E-state index >= 15 is 0 Å². The zero-order chi connectivity index (χ0) is 21.2. The van der Waals surface area contributed by atoms with E-state index in [-0.39, 0.29) is 22.8 Å². The highest BCUT2D eigenvalue weighted by molar-refractivity contribution is 5.95.